The summed E-state index contributed by atoms with van der Waals surface area (Å²) < 4.78 is 10.9. The van der Waals surface area contributed by atoms with E-state index < -0.39 is 0 Å². The molecule has 3 aromatic carbocycles. The Bertz CT molecular complexity index is 1330. The molecule has 2 unspecified atom stereocenters. The van der Waals surface area contributed by atoms with Crippen LogP contribution in [-0.2, 0) is 4.74 Å². The first-order chi connectivity index (χ1) is 20.9. The van der Waals surface area contributed by atoms with Crippen LogP contribution in [0.1, 0.15) is 67.2 Å². The highest BCUT2D eigenvalue weighted by atomic mass is 16.5. The van der Waals surface area contributed by atoms with Crippen molar-refractivity contribution >= 4 is 16.7 Å². The van der Waals surface area contributed by atoms with Gasteiger partial charge in [0.2, 0.25) is 0 Å². The smallest absolute Gasteiger partial charge is 0.337 e. The zero-order valence-electron chi connectivity index (χ0n) is 26.8. The zero-order valence-corrected chi connectivity index (χ0v) is 26.8. The van der Waals surface area contributed by atoms with Gasteiger partial charge in [-0.3, -0.25) is 19.6 Å². The van der Waals surface area contributed by atoms with E-state index in [2.05, 4.69) is 88.9 Å². The van der Waals surface area contributed by atoms with Gasteiger partial charge in [0.15, 0.2) is 0 Å². The Kier molecular flexibility index (Phi) is 10.7. The molecular formula is C36H50N4O3. The largest absolute Gasteiger partial charge is 0.496 e. The number of methoxy groups -OCH3 is 2. The summed E-state index contributed by atoms with van der Waals surface area (Å²) in [6, 6.07) is 22.3. The van der Waals surface area contributed by atoms with Crippen LogP contribution in [0.5, 0.6) is 5.75 Å². The first kappa shape index (κ1) is 31.5. The molecule has 2 aliphatic rings. The number of piperazine rings is 2. The van der Waals surface area contributed by atoms with Gasteiger partial charge in [0.05, 0.1) is 19.8 Å². The molecule has 2 aliphatic heterocycles. The van der Waals surface area contributed by atoms with Gasteiger partial charge in [0.1, 0.15) is 5.75 Å². The quantitative estimate of drug-likeness (QED) is 0.261. The highest BCUT2D eigenvalue weighted by Crippen LogP contribution is 2.39. The summed E-state index contributed by atoms with van der Waals surface area (Å²) in [7, 11) is 3.24. The molecule has 0 aromatic heterocycles. The maximum atomic E-state index is 12.1. The van der Waals surface area contributed by atoms with E-state index in [0.29, 0.717) is 17.6 Å². The fourth-order valence-corrected chi connectivity index (χ4v) is 7.04. The molecule has 2 fully saturated rings. The Labute approximate surface area is 258 Å². The van der Waals surface area contributed by atoms with Crippen LogP contribution in [0.15, 0.2) is 60.7 Å². The third kappa shape index (κ3) is 7.23. The number of ether oxygens (including phenoxy) is 2. The zero-order chi connectivity index (χ0) is 30.3. The molecule has 7 nitrogen and oxygen atoms in total. The summed E-state index contributed by atoms with van der Waals surface area (Å²) in [5, 5.41) is 2.58. The number of hydrogen-bond donors (Lipinski definition) is 0. The lowest BCUT2D eigenvalue weighted by Crippen LogP contribution is -2.53. The first-order valence-corrected chi connectivity index (χ1v) is 16.1. The Morgan fingerprint density at radius 3 is 2.02 bits per heavy atom. The molecule has 0 radical (unpaired) electrons. The van der Waals surface area contributed by atoms with Gasteiger partial charge in [0, 0.05) is 82.6 Å². The lowest BCUT2D eigenvalue weighted by atomic mass is 9.93. The Morgan fingerprint density at radius 1 is 0.767 bits per heavy atom. The van der Waals surface area contributed by atoms with Gasteiger partial charge in [0.25, 0.3) is 0 Å². The number of nitrogens with zero attached hydrogens (tertiary/aromatic N) is 4. The second kappa shape index (κ2) is 14.7. The normalized spacial score (nSPS) is 19.0. The number of fused-ring (bicyclic) bond motifs is 1. The molecule has 5 rings (SSSR count). The molecule has 3 aromatic rings. The molecule has 0 N–H and O–H groups in total. The summed E-state index contributed by atoms with van der Waals surface area (Å²) in [5.41, 5.74) is 3.22. The summed E-state index contributed by atoms with van der Waals surface area (Å²) in [6.07, 6.45) is 2.24. The minimum atomic E-state index is -0.283. The van der Waals surface area contributed by atoms with E-state index in [9.17, 15) is 4.79 Å². The van der Waals surface area contributed by atoms with E-state index in [1.165, 1.54) is 29.0 Å². The highest BCUT2D eigenvalue weighted by molar-refractivity contribution is 5.89. The van der Waals surface area contributed by atoms with E-state index in [0.717, 1.165) is 77.5 Å². The average molecular weight is 587 g/mol. The third-order valence-corrected chi connectivity index (χ3v) is 9.56. The standard InChI is InChI=1S/C36H50N4O3/c1-6-9-32(35-31-11-8-7-10-28(31)16-17-34(35)42-4)39-20-18-37(19-21-39)26-33(40-24-22-38(23-25-40)27(2)3)29-12-14-30(15-13-29)36(41)43-5/h7-8,10-17,27,32-33H,6,9,18-26H2,1-5H3. The molecule has 2 saturated heterocycles. The molecule has 2 atom stereocenters. The first-order valence-electron chi connectivity index (χ1n) is 16.1. The van der Waals surface area contributed by atoms with Gasteiger partial charge in [-0.1, -0.05) is 55.8 Å². The van der Waals surface area contributed by atoms with Crippen molar-refractivity contribution in [3.63, 3.8) is 0 Å². The van der Waals surface area contributed by atoms with Crippen LogP contribution in [0.4, 0.5) is 0 Å². The van der Waals surface area contributed by atoms with Crippen molar-refractivity contribution in [2.75, 3.05) is 73.1 Å². The number of hydrogen-bond acceptors (Lipinski definition) is 7. The van der Waals surface area contributed by atoms with Gasteiger partial charge in [-0.2, -0.15) is 0 Å². The summed E-state index contributed by atoms with van der Waals surface area (Å²) in [4.78, 5) is 22.7. The van der Waals surface area contributed by atoms with Crippen LogP contribution >= 0.6 is 0 Å². The second-order valence-electron chi connectivity index (χ2n) is 12.3. The molecule has 0 spiro atoms. The van der Waals surface area contributed by atoms with Crippen LogP contribution in [-0.4, -0.2) is 105 Å². The Balaban J connectivity index is 1.32. The third-order valence-electron chi connectivity index (χ3n) is 9.56. The summed E-state index contributed by atoms with van der Waals surface area (Å²) in [5.74, 6) is 0.713. The van der Waals surface area contributed by atoms with Crippen LogP contribution < -0.4 is 4.74 Å². The highest BCUT2D eigenvalue weighted by Gasteiger charge is 2.32. The van der Waals surface area contributed by atoms with Crippen molar-refractivity contribution in [2.24, 2.45) is 0 Å². The molecule has 7 heteroatoms. The van der Waals surface area contributed by atoms with Crippen LogP contribution in [0.3, 0.4) is 0 Å². The topological polar surface area (TPSA) is 48.5 Å². The van der Waals surface area contributed by atoms with E-state index in [1.807, 2.05) is 12.1 Å². The van der Waals surface area contributed by atoms with Crippen LogP contribution in [0.2, 0.25) is 0 Å². The predicted molar refractivity (Wildman–Crippen MR) is 175 cm³/mol. The monoisotopic (exact) mass is 586 g/mol. The number of esters is 1. The molecule has 232 valence electrons. The predicted octanol–water partition coefficient (Wildman–Crippen LogP) is 5.86. The number of carbonyl (C=O) groups excluding carboxylic acids is 1. The van der Waals surface area contributed by atoms with Crippen molar-refractivity contribution in [1.29, 1.82) is 0 Å². The van der Waals surface area contributed by atoms with Gasteiger partial charge < -0.3 is 9.47 Å². The van der Waals surface area contributed by atoms with Gasteiger partial charge >= 0.3 is 5.97 Å². The summed E-state index contributed by atoms with van der Waals surface area (Å²) >= 11 is 0. The van der Waals surface area contributed by atoms with E-state index >= 15 is 0 Å². The van der Waals surface area contributed by atoms with Crippen molar-refractivity contribution in [3.8, 4) is 5.75 Å². The second-order valence-corrected chi connectivity index (χ2v) is 12.3. The van der Waals surface area contributed by atoms with E-state index in [-0.39, 0.29) is 12.0 Å². The lowest BCUT2D eigenvalue weighted by molar-refractivity contribution is 0.0396. The van der Waals surface area contributed by atoms with Gasteiger partial charge in [-0.15, -0.1) is 0 Å². The van der Waals surface area contributed by atoms with Crippen LogP contribution in [0.25, 0.3) is 10.8 Å². The van der Waals surface area contributed by atoms with E-state index in [1.54, 1.807) is 7.11 Å². The van der Waals surface area contributed by atoms with E-state index in [4.69, 9.17) is 9.47 Å². The maximum absolute atomic E-state index is 12.1. The van der Waals surface area contributed by atoms with Gasteiger partial charge in [-0.25, -0.2) is 4.79 Å². The fourth-order valence-electron chi connectivity index (χ4n) is 7.04. The van der Waals surface area contributed by atoms with Crippen molar-refractivity contribution in [3.05, 3.63) is 77.4 Å². The Morgan fingerprint density at radius 2 is 1.40 bits per heavy atom. The van der Waals surface area contributed by atoms with Crippen molar-refractivity contribution in [1.82, 2.24) is 19.6 Å². The molecule has 43 heavy (non-hydrogen) atoms. The minimum Gasteiger partial charge on any atom is -0.496 e. The SMILES string of the molecule is CCCC(c1c(OC)ccc2ccccc12)N1CCN(CC(c2ccc(C(=O)OC)cc2)N2CCN(C(C)C)CC2)CC1. The minimum absolute atomic E-state index is 0.283. The molecular weight excluding hydrogens is 536 g/mol. The summed E-state index contributed by atoms with van der Waals surface area (Å²) in [6.45, 7) is 16.3. The maximum Gasteiger partial charge on any atom is 0.337 e. The fraction of sp³-hybridized carbons (Fsp3) is 0.528. The van der Waals surface area contributed by atoms with Crippen LogP contribution in [0, 0.1) is 0 Å². The molecule has 0 saturated carbocycles. The molecule has 0 aliphatic carbocycles. The molecule has 0 amide bonds. The number of carbonyl (C=O) groups is 1. The lowest BCUT2D eigenvalue weighted by Gasteiger charge is -2.45. The number of benzene rings is 3. The van der Waals surface area contributed by atoms with Gasteiger partial charge in [-0.05, 0) is 54.8 Å². The molecule has 2 heterocycles. The van der Waals surface area contributed by atoms with Crippen molar-refractivity contribution < 1.29 is 14.3 Å². The Hall–Kier alpha value is -2.97. The molecule has 0 bridgehead atoms. The number of rotatable bonds is 11. The average Bonchev–Trinajstić information content (AvgIpc) is 3.06. The van der Waals surface area contributed by atoms with Crippen molar-refractivity contribution in [2.45, 2.75) is 51.7 Å².